The molecule has 0 N–H and O–H groups in total. The van der Waals surface area contributed by atoms with Crippen LogP contribution in [0.1, 0.15) is 35.4 Å². The normalized spacial score (nSPS) is 20.1. The van der Waals surface area contributed by atoms with E-state index in [0.29, 0.717) is 12.2 Å². The lowest BCUT2D eigenvalue weighted by atomic mass is 10.0. The van der Waals surface area contributed by atoms with E-state index in [0.717, 1.165) is 25.0 Å². The van der Waals surface area contributed by atoms with Crippen molar-refractivity contribution in [3.05, 3.63) is 17.5 Å². The van der Waals surface area contributed by atoms with Gasteiger partial charge >= 0.3 is 0 Å². The van der Waals surface area contributed by atoms with Crippen molar-refractivity contribution in [2.45, 2.75) is 32.2 Å². The summed E-state index contributed by atoms with van der Waals surface area (Å²) in [5.41, 5.74) is 1.38. The number of nitriles is 1. The molecule has 1 atom stereocenters. The summed E-state index contributed by atoms with van der Waals surface area (Å²) in [6.45, 7) is 2.52. The Morgan fingerprint density at radius 1 is 1.59 bits per heavy atom. The van der Waals surface area contributed by atoms with Crippen LogP contribution in [0.25, 0.3) is 0 Å². The quantitative estimate of drug-likeness (QED) is 0.732. The van der Waals surface area contributed by atoms with Gasteiger partial charge in [0.05, 0.1) is 11.8 Å². The third-order valence-electron chi connectivity index (χ3n) is 3.13. The molecule has 1 aromatic heterocycles. The molecular formula is C12H16N4O. The van der Waals surface area contributed by atoms with Crippen LogP contribution in [0, 0.1) is 18.3 Å². The van der Waals surface area contributed by atoms with Gasteiger partial charge in [-0.2, -0.15) is 10.4 Å². The van der Waals surface area contributed by atoms with Crippen LogP contribution in [-0.4, -0.2) is 33.2 Å². The predicted octanol–water partition coefficient (Wildman–Crippen LogP) is 1.25. The number of nitrogens with zero attached hydrogens (tertiary/aromatic N) is 4. The van der Waals surface area contributed by atoms with E-state index in [1.54, 1.807) is 22.7 Å². The van der Waals surface area contributed by atoms with Gasteiger partial charge in [0.25, 0.3) is 5.91 Å². The second kappa shape index (κ2) is 4.58. The van der Waals surface area contributed by atoms with Gasteiger partial charge in [0.1, 0.15) is 11.7 Å². The second-order valence-corrected chi connectivity index (χ2v) is 4.43. The van der Waals surface area contributed by atoms with Crippen molar-refractivity contribution in [3.63, 3.8) is 0 Å². The van der Waals surface area contributed by atoms with Crippen LogP contribution in [0.2, 0.25) is 0 Å². The van der Waals surface area contributed by atoms with Gasteiger partial charge < -0.3 is 4.90 Å². The van der Waals surface area contributed by atoms with Crippen molar-refractivity contribution in [1.29, 1.82) is 5.26 Å². The number of likely N-dealkylation sites (tertiary alicyclic amines) is 1. The van der Waals surface area contributed by atoms with Crippen molar-refractivity contribution in [3.8, 4) is 6.07 Å². The van der Waals surface area contributed by atoms with Gasteiger partial charge in [-0.15, -0.1) is 0 Å². The van der Waals surface area contributed by atoms with Crippen LogP contribution in [0.15, 0.2) is 6.07 Å². The maximum Gasteiger partial charge on any atom is 0.273 e. The maximum absolute atomic E-state index is 12.3. The molecule has 1 aromatic rings. The molecule has 90 valence electrons. The van der Waals surface area contributed by atoms with Gasteiger partial charge in [0.2, 0.25) is 0 Å². The largest absolute Gasteiger partial charge is 0.321 e. The average Bonchev–Trinajstić information content (AvgIpc) is 2.67. The van der Waals surface area contributed by atoms with Crippen LogP contribution in [-0.2, 0) is 7.05 Å². The standard InChI is InChI=1S/C12H16N4O/c1-9-7-11(15(2)14-9)12(17)16-6-4-3-5-10(16)8-13/h7,10H,3-6H2,1-2H3. The van der Waals surface area contributed by atoms with Crippen molar-refractivity contribution in [2.24, 2.45) is 7.05 Å². The first-order valence-corrected chi connectivity index (χ1v) is 5.84. The Balaban J connectivity index is 2.24. The Morgan fingerprint density at radius 2 is 2.35 bits per heavy atom. The van der Waals surface area contributed by atoms with Crippen LogP contribution < -0.4 is 0 Å². The average molecular weight is 232 g/mol. The lowest BCUT2D eigenvalue weighted by molar-refractivity contribution is 0.0659. The highest BCUT2D eigenvalue weighted by atomic mass is 16.2. The molecule has 0 aliphatic carbocycles. The molecule has 1 aliphatic rings. The molecule has 0 spiro atoms. The molecular weight excluding hydrogens is 216 g/mol. The van der Waals surface area contributed by atoms with Crippen LogP contribution in [0.5, 0.6) is 0 Å². The molecule has 2 rings (SSSR count). The molecule has 2 heterocycles. The molecule has 1 unspecified atom stereocenters. The minimum atomic E-state index is -0.286. The van der Waals surface area contributed by atoms with E-state index in [1.807, 2.05) is 6.92 Å². The van der Waals surface area contributed by atoms with E-state index in [9.17, 15) is 4.79 Å². The van der Waals surface area contributed by atoms with E-state index in [4.69, 9.17) is 5.26 Å². The van der Waals surface area contributed by atoms with Crippen molar-refractivity contribution < 1.29 is 4.79 Å². The lowest BCUT2D eigenvalue weighted by Gasteiger charge is -2.31. The first-order chi connectivity index (χ1) is 8.13. The fraction of sp³-hybridized carbons (Fsp3) is 0.583. The van der Waals surface area contributed by atoms with E-state index >= 15 is 0 Å². The lowest BCUT2D eigenvalue weighted by Crippen LogP contribution is -2.43. The number of aromatic nitrogens is 2. The monoisotopic (exact) mass is 232 g/mol. The van der Waals surface area contributed by atoms with E-state index in [1.165, 1.54) is 0 Å². The van der Waals surface area contributed by atoms with Gasteiger partial charge in [0, 0.05) is 13.6 Å². The Hall–Kier alpha value is -1.83. The summed E-state index contributed by atoms with van der Waals surface area (Å²) in [7, 11) is 1.76. The molecule has 1 saturated heterocycles. The molecule has 1 amide bonds. The third kappa shape index (κ3) is 2.16. The van der Waals surface area contributed by atoms with Crippen LogP contribution in [0.3, 0.4) is 0 Å². The number of rotatable bonds is 1. The highest BCUT2D eigenvalue weighted by molar-refractivity contribution is 5.93. The molecule has 0 bridgehead atoms. The number of piperidine rings is 1. The van der Waals surface area contributed by atoms with Gasteiger partial charge in [-0.3, -0.25) is 9.48 Å². The van der Waals surface area contributed by atoms with Crippen molar-refractivity contribution in [2.75, 3.05) is 6.54 Å². The highest BCUT2D eigenvalue weighted by Crippen LogP contribution is 2.19. The highest BCUT2D eigenvalue weighted by Gasteiger charge is 2.28. The minimum Gasteiger partial charge on any atom is -0.321 e. The summed E-state index contributed by atoms with van der Waals surface area (Å²) in [4.78, 5) is 14.0. The number of carbonyl (C=O) groups excluding carboxylic acids is 1. The van der Waals surface area contributed by atoms with E-state index in [2.05, 4.69) is 11.2 Å². The minimum absolute atomic E-state index is 0.0839. The summed E-state index contributed by atoms with van der Waals surface area (Å²) in [6.07, 6.45) is 2.77. The Kier molecular flexibility index (Phi) is 3.14. The van der Waals surface area contributed by atoms with Gasteiger partial charge in [-0.1, -0.05) is 0 Å². The van der Waals surface area contributed by atoms with E-state index in [-0.39, 0.29) is 11.9 Å². The molecule has 5 nitrogen and oxygen atoms in total. The van der Waals surface area contributed by atoms with Crippen molar-refractivity contribution >= 4 is 5.91 Å². The number of carbonyl (C=O) groups is 1. The van der Waals surface area contributed by atoms with Gasteiger partial charge in [-0.25, -0.2) is 0 Å². The summed E-state index contributed by atoms with van der Waals surface area (Å²) in [5, 5.41) is 13.2. The SMILES string of the molecule is Cc1cc(C(=O)N2CCCCC2C#N)n(C)n1. The Labute approximate surface area is 101 Å². The Morgan fingerprint density at radius 3 is 2.94 bits per heavy atom. The zero-order valence-electron chi connectivity index (χ0n) is 10.2. The number of amides is 1. The summed E-state index contributed by atoms with van der Waals surface area (Å²) in [5.74, 6) is -0.0839. The third-order valence-corrected chi connectivity index (χ3v) is 3.13. The predicted molar refractivity (Wildman–Crippen MR) is 62.2 cm³/mol. The smallest absolute Gasteiger partial charge is 0.273 e. The second-order valence-electron chi connectivity index (χ2n) is 4.43. The fourth-order valence-corrected chi connectivity index (χ4v) is 2.27. The number of hydrogen-bond donors (Lipinski definition) is 0. The number of hydrogen-bond acceptors (Lipinski definition) is 3. The molecule has 0 aromatic carbocycles. The molecule has 17 heavy (non-hydrogen) atoms. The molecule has 0 saturated carbocycles. The maximum atomic E-state index is 12.3. The molecule has 5 heteroatoms. The first kappa shape index (κ1) is 11.6. The molecule has 1 fully saturated rings. The van der Waals surface area contributed by atoms with Crippen LogP contribution in [0.4, 0.5) is 0 Å². The fourth-order valence-electron chi connectivity index (χ4n) is 2.27. The summed E-state index contributed by atoms with van der Waals surface area (Å²) >= 11 is 0. The summed E-state index contributed by atoms with van der Waals surface area (Å²) in [6, 6.07) is 3.69. The summed E-state index contributed by atoms with van der Waals surface area (Å²) < 4.78 is 1.58. The number of aryl methyl sites for hydroxylation is 2. The van der Waals surface area contributed by atoms with Gasteiger partial charge in [-0.05, 0) is 32.3 Å². The topological polar surface area (TPSA) is 61.9 Å². The molecule has 1 aliphatic heterocycles. The van der Waals surface area contributed by atoms with Crippen LogP contribution >= 0.6 is 0 Å². The van der Waals surface area contributed by atoms with Gasteiger partial charge in [0.15, 0.2) is 0 Å². The molecule has 0 radical (unpaired) electrons. The zero-order chi connectivity index (χ0) is 12.4. The van der Waals surface area contributed by atoms with E-state index < -0.39 is 0 Å². The zero-order valence-corrected chi connectivity index (χ0v) is 10.2. The first-order valence-electron chi connectivity index (χ1n) is 5.84. The van der Waals surface area contributed by atoms with Crippen molar-refractivity contribution in [1.82, 2.24) is 14.7 Å². The Bertz CT molecular complexity index is 471.